The standard InChI is InChI=1S/C52H47N4O.Pt/c1-51(2,3)39-34-43(49(57)44(35-39)52(4,5)6)50-54-47(38-25-20-28-41(33-38)55(40-26-14-9-15-27-40)46-31-18-19-32-53-46)48(37-23-12-8-13-24-37)56(50)45-30-17-16-29-42(45)36-21-10-7-11-22-36;/h7-32,34-35,57H,1-6H3;/q-1;. The molecule has 0 aliphatic carbocycles. The van der Waals surface area contributed by atoms with Gasteiger partial charge in [-0.25, -0.2) is 4.98 Å². The largest absolute Gasteiger partial charge is 0.507 e. The number of benzene rings is 6. The van der Waals surface area contributed by atoms with E-state index < -0.39 is 0 Å². The van der Waals surface area contributed by atoms with Crippen LogP contribution in [0.15, 0.2) is 170 Å². The molecule has 0 amide bonds. The minimum Gasteiger partial charge on any atom is -0.507 e. The Hall–Kier alpha value is -6.03. The van der Waals surface area contributed by atoms with Crippen molar-refractivity contribution >= 4 is 17.2 Å². The number of aromatic hydroxyl groups is 1. The van der Waals surface area contributed by atoms with Crippen LogP contribution >= 0.6 is 0 Å². The van der Waals surface area contributed by atoms with Crippen LogP contribution in [-0.2, 0) is 31.9 Å². The first-order chi connectivity index (χ1) is 27.5. The van der Waals surface area contributed by atoms with Gasteiger partial charge in [-0.1, -0.05) is 151 Å². The molecule has 0 radical (unpaired) electrons. The minimum absolute atomic E-state index is 0. The fourth-order valence-corrected chi connectivity index (χ4v) is 7.41. The molecule has 0 aliphatic rings. The van der Waals surface area contributed by atoms with Crippen LogP contribution in [0.1, 0.15) is 52.7 Å². The molecule has 0 atom stereocenters. The number of phenols is 1. The second-order valence-corrected chi connectivity index (χ2v) is 16.4. The van der Waals surface area contributed by atoms with E-state index in [-0.39, 0.29) is 37.6 Å². The number of hydrogen-bond donors (Lipinski definition) is 1. The number of aromatic nitrogens is 3. The number of anilines is 3. The molecule has 1 N–H and O–H groups in total. The van der Waals surface area contributed by atoms with Gasteiger partial charge in [0.2, 0.25) is 0 Å². The number of phenolic OH excluding ortho intramolecular Hbond substituents is 1. The first-order valence-electron chi connectivity index (χ1n) is 19.5. The number of nitrogens with zero attached hydrogens (tertiary/aromatic N) is 4. The van der Waals surface area contributed by atoms with Crippen LogP contribution in [0.3, 0.4) is 0 Å². The zero-order chi connectivity index (χ0) is 39.7. The molecule has 0 spiro atoms. The molecule has 292 valence electrons. The van der Waals surface area contributed by atoms with Crippen LogP contribution in [0.25, 0.3) is 50.7 Å². The van der Waals surface area contributed by atoms with E-state index in [9.17, 15) is 5.11 Å². The average molecular weight is 939 g/mol. The zero-order valence-electron chi connectivity index (χ0n) is 33.7. The Morgan fingerprint density at radius 1 is 0.603 bits per heavy atom. The number of imidazole rings is 1. The molecule has 0 unspecified atom stereocenters. The van der Waals surface area contributed by atoms with Crippen LogP contribution in [0.2, 0.25) is 0 Å². The Bertz CT molecular complexity index is 2600. The molecule has 58 heavy (non-hydrogen) atoms. The molecule has 0 aliphatic heterocycles. The first kappa shape index (κ1) is 40.2. The molecule has 0 fully saturated rings. The van der Waals surface area contributed by atoms with Crippen molar-refractivity contribution in [1.29, 1.82) is 0 Å². The number of rotatable bonds is 8. The van der Waals surface area contributed by atoms with Crippen molar-refractivity contribution in [3.8, 4) is 56.5 Å². The van der Waals surface area contributed by atoms with Gasteiger partial charge >= 0.3 is 0 Å². The molecule has 0 saturated carbocycles. The Labute approximate surface area is 357 Å². The summed E-state index contributed by atoms with van der Waals surface area (Å²) in [5.74, 6) is 1.65. The molecule has 8 rings (SSSR count). The molecular weight excluding hydrogens is 892 g/mol. The molecule has 6 aromatic carbocycles. The Morgan fingerprint density at radius 2 is 1.22 bits per heavy atom. The van der Waals surface area contributed by atoms with Crippen molar-refractivity contribution in [3.63, 3.8) is 0 Å². The van der Waals surface area contributed by atoms with E-state index in [1.54, 1.807) is 0 Å². The Balaban J connectivity index is 0.00000512. The van der Waals surface area contributed by atoms with Crippen molar-refractivity contribution in [2.75, 3.05) is 4.90 Å². The van der Waals surface area contributed by atoms with Crippen molar-refractivity contribution in [1.82, 2.24) is 14.5 Å². The third kappa shape index (κ3) is 7.92. The van der Waals surface area contributed by atoms with Gasteiger partial charge in [-0.3, -0.25) is 4.98 Å². The summed E-state index contributed by atoms with van der Waals surface area (Å²) >= 11 is 0. The van der Waals surface area contributed by atoms with E-state index in [0.29, 0.717) is 11.4 Å². The summed E-state index contributed by atoms with van der Waals surface area (Å²) in [6.07, 6.45) is 1.81. The molecular formula is C52H47N4OPt-. The maximum atomic E-state index is 12.5. The zero-order valence-corrected chi connectivity index (χ0v) is 36.0. The van der Waals surface area contributed by atoms with Gasteiger partial charge in [-0.2, -0.15) is 0 Å². The summed E-state index contributed by atoms with van der Waals surface area (Å²) in [6, 6.07) is 59.8. The summed E-state index contributed by atoms with van der Waals surface area (Å²) in [5, 5.41) is 12.5. The first-order valence-corrected chi connectivity index (χ1v) is 19.5. The van der Waals surface area contributed by atoms with E-state index in [0.717, 1.165) is 67.6 Å². The average Bonchev–Trinajstić information content (AvgIpc) is 3.62. The summed E-state index contributed by atoms with van der Waals surface area (Å²) in [7, 11) is 0. The van der Waals surface area contributed by atoms with Gasteiger partial charge in [-0.05, 0) is 69.6 Å². The van der Waals surface area contributed by atoms with Crippen LogP contribution in [0, 0.1) is 6.07 Å². The van der Waals surface area contributed by atoms with E-state index in [4.69, 9.17) is 9.97 Å². The summed E-state index contributed by atoms with van der Waals surface area (Å²) in [5.41, 5.74) is 10.4. The summed E-state index contributed by atoms with van der Waals surface area (Å²) in [4.78, 5) is 12.5. The smallest absolute Gasteiger partial charge is 0.139 e. The fourth-order valence-electron chi connectivity index (χ4n) is 7.41. The molecule has 8 aromatic rings. The predicted octanol–water partition coefficient (Wildman–Crippen LogP) is 13.5. The van der Waals surface area contributed by atoms with Gasteiger partial charge in [0.25, 0.3) is 0 Å². The normalized spacial score (nSPS) is 11.6. The van der Waals surface area contributed by atoms with Crippen molar-refractivity contribution in [2.24, 2.45) is 0 Å². The van der Waals surface area contributed by atoms with E-state index in [1.807, 2.05) is 54.7 Å². The molecule has 0 bridgehead atoms. The molecule has 0 saturated heterocycles. The second-order valence-electron chi connectivity index (χ2n) is 16.4. The molecule has 2 heterocycles. The van der Waals surface area contributed by atoms with Crippen LogP contribution in [0.4, 0.5) is 17.2 Å². The van der Waals surface area contributed by atoms with E-state index in [2.05, 4.69) is 172 Å². The third-order valence-corrected chi connectivity index (χ3v) is 10.3. The van der Waals surface area contributed by atoms with Crippen LogP contribution in [-0.4, -0.2) is 19.6 Å². The van der Waals surface area contributed by atoms with Gasteiger partial charge in [-0.15, -0.1) is 29.8 Å². The monoisotopic (exact) mass is 938 g/mol. The van der Waals surface area contributed by atoms with Gasteiger partial charge < -0.3 is 14.6 Å². The van der Waals surface area contributed by atoms with Gasteiger partial charge in [0.1, 0.15) is 17.4 Å². The number of pyridine rings is 1. The van der Waals surface area contributed by atoms with Gasteiger partial charge in [0.05, 0.1) is 11.3 Å². The molecule has 5 nitrogen and oxygen atoms in total. The van der Waals surface area contributed by atoms with E-state index in [1.165, 1.54) is 0 Å². The Morgan fingerprint density at radius 3 is 1.86 bits per heavy atom. The fraction of sp³-hybridized carbons (Fsp3) is 0.154. The maximum Gasteiger partial charge on any atom is 0.139 e. The van der Waals surface area contributed by atoms with E-state index >= 15 is 0 Å². The van der Waals surface area contributed by atoms with Crippen LogP contribution in [0.5, 0.6) is 5.75 Å². The minimum atomic E-state index is -0.334. The molecule has 6 heteroatoms. The third-order valence-electron chi connectivity index (χ3n) is 10.3. The van der Waals surface area contributed by atoms with Crippen LogP contribution < -0.4 is 4.90 Å². The Kier molecular flexibility index (Phi) is 11.4. The topological polar surface area (TPSA) is 54.2 Å². The van der Waals surface area contributed by atoms with Crippen molar-refractivity contribution in [3.05, 3.63) is 187 Å². The van der Waals surface area contributed by atoms with Gasteiger partial charge in [0, 0.05) is 55.5 Å². The van der Waals surface area contributed by atoms with Crippen molar-refractivity contribution < 1.29 is 26.2 Å². The maximum absolute atomic E-state index is 12.5. The predicted molar refractivity (Wildman–Crippen MR) is 236 cm³/mol. The number of para-hydroxylation sites is 2. The molecule has 2 aromatic heterocycles. The second kappa shape index (κ2) is 16.4. The number of hydrogen-bond acceptors (Lipinski definition) is 4. The quantitative estimate of drug-likeness (QED) is 0.154. The SMILES string of the molecule is CC(C)(C)c1cc(-c2nc(-c3[c-]c(N(c4ccccc4)c4ccccn4)ccc3)c(-c3ccccc3)n2-c2ccccc2-c2ccccc2)c(O)c(C(C)(C)C)c1.[Pt]. The van der Waals surface area contributed by atoms with Gasteiger partial charge in [0.15, 0.2) is 0 Å². The summed E-state index contributed by atoms with van der Waals surface area (Å²) < 4.78 is 2.25. The summed E-state index contributed by atoms with van der Waals surface area (Å²) in [6.45, 7) is 13.1. The van der Waals surface area contributed by atoms with Crippen molar-refractivity contribution in [2.45, 2.75) is 52.4 Å².